The van der Waals surface area contributed by atoms with E-state index in [-0.39, 0.29) is 5.82 Å². The summed E-state index contributed by atoms with van der Waals surface area (Å²) >= 11 is 0. The van der Waals surface area contributed by atoms with E-state index in [2.05, 4.69) is 47.0 Å². The molecule has 124 valence electrons. The molecule has 6 heteroatoms. The number of imidazole rings is 1. The number of anilines is 1. The molecule has 0 spiro atoms. The van der Waals surface area contributed by atoms with Crippen molar-refractivity contribution < 1.29 is 4.63 Å². The first-order valence-electron chi connectivity index (χ1n) is 8.18. The van der Waals surface area contributed by atoms with E-state index in [0.717, 1.165) is 30.7 Å². The molecular formula is C17H25N5O. The highest BCUT2D eigenvalue weighted by Crippen LogP contribution is 2.27. The van der Waals surface area contributed by atoms with Crippen molar-refractivity contribution in [3.63, 3.8) is 0 Å². The van der Waals surface area contributed by atoms with Crippen LogP contribution in [0.25, 0.3) is 17.1 Å². The molecule has 0 unspecified atom stereocenters. The van der Waals surface area contributed by atoms with Gasteiger partial charge >= 0.3 is 0 Å². The second kappa shape index (κ2) is 7.76. The molecule has 2 aromatic rings. The third kappa shape index (κ3) is 3.88. The maximum Gasteiger partial charge on any atom is 0.199 e. The van der Waals surface area contributed by atoms with Gasteiger partial charge in [0, 0.05) is 12.7 Å². The lowest BCUT2D eigenvalue weighted by atomic mass is 10.1. The predicted molar refractivity (Wildman–Crippen MR) is 92.5 cm³/mol. The normalized spacial score (nSPS) is 13.7. The highest BCUT2D eigenvalue weighted by molar-refractivity contribution is 5.74. The SMILES string of the molecule is CC.CC(C)Cn1cc(C2=CCCC=C2)nc1-c1nonc1N. The van der Waals surface area contributed by atoms with Gasteiger partial charge in [-0.3, -0.25) is 0 Å². The molecule has 6 nitrogen and oxygen atoms in total. The fourth-order valence-electron chi connectivity index (χ4n) is 2.43. The average Bonchev–Trinajstić information content (AvgIpc) is 3.16. The molecule has 2 N–H and O–H groups in total. The number of allylic oxidation sites excluding steroid dienone is 4. The van der Waals surface area contributed by atoms with Crippen LogP contribution in [-0.4, -0.2) is 19.9 Å². The minimum Gasteiger partial charge on any atom is -0.379 e. The molecule has 1 aliphatic rings. The highest BCUT2D eigenvalue weighted by atomic mass is 16.6. The van der Waals surface area contributed by atoms with E-state index in [0.29, 0.717) is 17.4 Å². The van der Waals surface area contributed by atoms with E-state index < -0.39 is 0 Å². The van der Waals surface area contributed by atoms with E-state index in [1.165, 1.54) is 0 Å². The van der Waals surface area contributed by atoms with Crippen LogP contribution in [0.4, 0.5) is 5.82 Å². The fraction of sp³-hybridized carbons (Fsp3) is 0.471. The molecule has 23 heavy (non-hydrogen) atoms. The first-order valence-corrected chi connectivity index (χ1v) is 8.18. The van der Waals surface area contributed by atoms with Crippen LogP contribution in [-0.2, 0) is 6.54 Å². The summed E-state index contributed by atoms with van der Waals surface area (Å²) in [5.41, 5.74) is 8.39. The number of nitrogen functional groups attached to an aromatic ring is 1. The van der Waals surface area contributed by atoms with Gasteiger partial charge in [0.05, 0.1) is 5.69 Å². The van der Waals surface area contributed by atoms with Gasteiger partial charge in [-0.25, -0.2) is 9.61 Å². The summed E-state index contributed by atoms with van der Waals surface area (Å²) in [6.45, 7) is 9.16. The van der Waals surface area contributed by atoms with E-state index in [1.54, 1.807) is 0 Å². The van der Waals surface area contributed by atoms with Crippen molar-refractivity contribution in [2.75, 3.05) is 5.73 Å². The fourth-order valence-corrected chi connectivity index (χ4v) is 2.43. The third-order valence-electron chi connectivity index (χ3n) is 3.35. The molecule has 0 amide bonds. The van der Waals surface area contributed by atoms with Crippen LogP contribution >= 0.6 is 0 Å². The van der Waals surface area contributed by atoms with Crippen molar-refractivity contribution in [3.05, 3.63) is 30.1 Å². The number of nitrogens with zero attached hydrogens (tertiary/aromatic N) is 4. The topological polar surface area (TPSA) is 82.8 Å². The maximum atomic E-state index is 5.81. The van der Waals surface area contributed by atoms with Gasteiger partial charge in [0.15, 0.2) is 17.3 Å². The summed E-state index contributed by atoms with van der Waals surface area (Å²) < 4.78 is 6.78. The lowest BCUT2D eigenvalue weighted by Crippen LogP contribution is -2.06. The van der Waals surface area contributed by atoms with E-state index >= 15 is 0 Å². The van der Waals surface area contributed by atoms with E-state index in [4.69, 9.17) is 15.3 Å². The van der Waals surface area contributed by atoms with Gasteiger partial charge in [-0.05, 0) is 34.6 Å². The molecule has 0 radical (unpaired) electrons. The van der Waals surface area contributed by atoms with Crippen LogP contribution in [0.15, 0.2) is 29.1 Å². The van der Waals surface area contributed by atoms with Crippen LogP contribution < -0.4 is 5.73 Å². The first kappa shape index (κ1) is 17.0. The van der Waals surface area contributed by atoms with Gasteiger partial charge in [-0.15, -0.1) is 0 Å². The van der Waals surface area contributed by atoms with Crippen LogP contribution in [0, 0.1) is 5.92 Å². The molecule has 0 atom stereocenters. The van der Waals surface area contributed by atoms with Gasteiger partial charge in [0.2, 0.25) is 0 Å². The Bertz CT molecular complexity index is 694. The van der Waals surface area contributed by atoms with Gasteiger partial charge in [0.1, 0.15) is 0 Å². The summed E-state index contributed by atoms with van der Waals surface area (Å²) in [6, 6.07) is 0. The van der Waals surface area contributed by atoms with E-state index in [9.17, 15) is 0 Å². The Labute approximate surface area is 137 Å². The highest BCUT2D eigenvalue weighted by Gasteiger charge is 2.19. The standard InChI is InChI=1S/C15H19N5O.C2H6/c1-10(2)8-20-9-12(11-6-4-3-5-7-11)17-15(20)13-14(16)19-21-18-13;1-2/h4,6-7,9-10H,3,5,8H2,1-2H3,(H2,16,19);1-2H3. The molecule has 0 fully saturated rings. The van der Waals surface area contributed by atoms with Crippen molar-refractivity contribution in [3.8, 4) is 11.5 Å². The van der Waals surface area contributed by atoms with Crippen molar-refractivity contribution in [1.29, 1.82) is 0 Å². The molecule has 1 aliphatic carbocycles. The zero-order chi connectivity index (χ0) is 16.8. The summed E-state index contributed by atoms with van der Waals surface area (Å²) in [6.07, 6.45) is 10.7. The summed E-state index contributed by atoms with van der Waals surface area (Å²) in [7, 11) is 0. The molecule has 3 rings (SSSR count). The number of hydrogen-bond donors (Lipinski definition) is 1. The van der Waals surface area contributed by atoms with Crippen molar-refractivity contribution in [1.82, 2.24) is 19.9 Å². The maximum absolute atomic E-state index is 5.81. The molecule has 0 aliphatic heterocycles. The minimum absolute atomic E-state index is 0.269. The van der Waals surface area contributed by atoms with Gasteiger partial charge < -0.3 is 10.3 Å². The molecule has 0 bridgehead atoms. The second-order valence-electron chi connectivity index (χ2n) is 5.63. The number of hydrogen-bond acceptors (Lipinski definition) is 5. The minimum atomic E-state index is 0.269. The Kier molecular flexibility index (Phi) is 5.73. The lowest BCUT2D eigenvalue weighted by Gasteiger charge is -2.08. The summed E-state index contributed by atoms with van der Waals surface area (Å²) in [5, 5.41) is 7.53. The molecule has 0 saturated carbocycles. The monoisotopic (exact) mass is 315 g/mol. The average molecular weight is 315 g/mol. The molecular weight excluding hydrogens is 290 g/mol. The second-order valence-corrected chi connectivity index (χ2v) is 5.63. The van der Waals surface area contributed by atoms with Crippen LogP contribution in [0.3, 0.4) is 0 Å². The Morgan fingerprint density at radius 1 is 1.26 bits per heavy atom. The Balaban J connectivity index is 0.000000924. The van der Waals surface area contributed by atoms with Gasteiger partial charge in [-0.1, -0.05) is 45.9 Å². The third-order valence-corrected chi connectivity index (χ3v) is 3.35. The van der Waals surface area contributed by atoms with Crippen molar-refractivity contribution in [2.24, 2.45) is 5.92 Å². The Morgan fingerprint density at radius 3 is 2.61 bits per heavy atom. The van der Waals surface area contributed by atoms with E-state index in [1.807, 2.05) is 20.0 Å². The smallest absolute Gasteiger partial charge is 0.199 e. The quantitative estimate of drug-likeness (QED) is 0.924. The number of aromatic nitrogens is 4. The van der Waals surface area contributed by atoms with Gasteiger partial charge in [-0.2, -0.15) is 0 Å². The zero-order valence-corrected chi connectivity index (χ0v) is 14.3. The predicted octanol–water partition coefficient (Wildman–Crippen LogP) is 3.93. The molecule has 0 aromatic carbocycles. The van der Waals surface area contributed by atoms with Crippen LogP contribution in [0.5, 0.6) is 0 Å². The van der Waals surface area contributed by atoms with Crippen LogP contribution in [0.2, 0.25) is 0 Å². The van der Waals surface area contributed by atoms with Crippen LogP contribution in [0.1, 0.15) is 46.2 Å². The summed E-state index contributed by atoms with van der Waals surface area (Å²) in [5.74, 6) is 1.46. The largest absolute Gasteiger partial charge is 0.379 e. The summed E-state index contributed by atoms with van der Waals surface area (Å²) in [4.78, 5) is 4.69. The first-order chi connectivity index (χ1) is 11.1. The number of rotatable bonds is 4. The number of nitrogens with two attached hydrogens (primary N) is 1. The van der Waals surface area contributed by atoms with Crippen molar-refractivity contribution in [2.45, 2.75) is 47.1 Å². The Morgan fingerprint density at radius 2 is 2.04 bits per heavy atom. The molecule has 0 saturated heterocycles. The Hall–Kier alpha value is -2.37. The zero-order valence-electron chi connectivity index (χ0n) is 14.3. The van der Waals surface area contributed by atoms with Crippen molar-refractivity contribution >= 4 is 11.4 Å². The molecule has 2 heterocycles. The lowest BCUT2D eigenvalue weighted by molar-refractivity contribution is 0.310. The van der Waals surface area contributed by atoms with Gasteiger partial charge in [0.25, 0.3) is 0 Å². The molecule has 2 aromatic heterocycles.